The molecule has 1 aromatic heterocycles. The van der Waals surface area contributed by atoms with Crippen molar-refractivity contribution in [1.82, 2.24) is 15.2 Å². The molecule has 0 saturated heterocycles. The lowest BCUT2D eigenvalue weighted by Gasteiger charge is -2.29. The predicted octanol–water partition coefficient (Wildman–Crippen LogP) is 2.52. The fraction of sp³-hybridized carbons (Fsp3) is 0.769. The second-order valence-corrected chi connectivity index (χ2v) is 5.74. The minimum absolute atomic E-state index is 0.579. The molecular weight excluding hydrogens is 230 g/mol. The quantitative estimate of drug-likeness (QED) is 0.811. The van der Waals surface area contributed by atoms with Crippen molar-refractivity contribution in [2.24, 2.45) is 5.92 Å². The number of aryl methyl sites for hydroxylation is 1. The Morgan fingerprint density at radius 2 is 2.18 bits per heavy atom. The van der Waals surface area contributed by atoms with Gasteiger partial charge in [-0.3, -0.25) is 4.90 Å². The van der Waals surface area contributed by atoms with E-state index in [2.05, 4.69) is 49.9 Å². The first-order valence-corrected chi connectivity index (χ1v) is 7.24. The van der Waals surface area contributed by atoms with Gasteiger partial charge in [0.15, 0.2) is 0 Å². The molecule has 1 rings (SSSR count). The fourth-order valence-electron chi connectivity index (χ4n) is 1.83. The molecule has 0 spiro atoms. The molecule has 3 nitrogen and oxygen atoms in total. The topological polar surface area (TPSA) is 28.2 Å². The van der Waals surface area contributed by atoms with Gasteiger partial charge in [-0.15, -0.1) is 11.3 Å². The van der Waals surface area contributed by atoms with Gasteiger partial charge in [0.05, 0.1) is 11.2 Å². The second kappa shape index (κ2) is 7.09. The first-order valence-electron chi connectivity index (χ1n) is 6.36. The number of hydrogen-bond donors (Lipinski definition) is 1. The van der Waals surface area contributed by atoms with Crippen LogP contribution in [0.5, 0.6) is 0 Å². The van der Waals surface area contributed by atoms with Gasteiger partial charge >= 0.3 is 0 Å². The molecule has 0 saturated carbocycles. The minimum Gasteiger partial charge on any atom is -0.317 e. The Hall–Kier alpha value is -0.450. The van der Waals surface area contributed by atoms with Gasteiger partial charge in [-0.05, 0) is 39.9 Å². The summed E-state index contributed by atoms with van der Waals surface area (Å²) in [6.45, 7) is 12.0. The van der Waals surface area contributed by atoms with Crippen molar-refractivity contribution in [2.45, 2.75) is 40.3 Å². The Labute approximate surface area is 109 Å². The molecule has 2 atom stereocenters. The third-order valence-electron chi connectivity index (χ3n) is 3.47. The molecule has 0 bridgehead atoms. The van der Waals surface area contributed by atoms with Crippen molar-refractivity contribution in [2.75, 3.05) is 20.1 Å². The fourth-order valence-corrected chi connectivity index (χ4v) is 2.66. The third kappa shape index (κ3) is 4.37. The molecule has 0 fully saturated rings. The number of rotatable bonds is 7. The molecule has 1 aromatic rings. The van der Waals surface area contributed by atoms with E-state index >= 15 is 0 Å². The Morgan fingerprint density at radius 3 is 2.71 bits per heavy atom. The maximum atomic E-state index is 4.30. The van der Waals surface area contributed by atoms with Crippen LogP contribution in [-0.2, 0) is 6.54 Å². The number of hydrogen-bond acceptors (Lipinski definition) is 4. The summed E-state index contributed by atoms with van der Waals surface area (Å²) in [5, 5.41) is 3.42. The average molecular weight is 255 g/mol. The van der Waals surface area contributed by atoms with E-state index < -0.39 is 0 Å². The highest BCUT2D eigenvalue weighted by atomic mass is 32.1. The lowest BCUT2D eigenvalue weighted by Crippen LogP contribution is -2.38. The van der Waals surface area contributed by atoms with Crippen LogP contribution in [0.4, 0.5) is 0 Å². The normalized spacial score (nSPS) is 15.2. The Bertz CT molecular complexity index is 324. The molecule has 98 valence electrons. The monoisotopic (exact) mass is 255 g/mol. The smallest absolute Gasteiger partial charge is 0.0798 e. The molecule has 0 amide bonds. The van der Waals surface area contributed by atoms with Crippen molar-refractivity contribution in [3.05, 3.63) is 16.1 Å². The SMILES string of the molecule is CCNCC(C)C(C)N(C)Cc1scnc1C. The van der Waals surface area contributed by atoms with Crippen LogP contribution in [-0.4, -0.2) is 36.1 Å². The largest absolute Gasteiger partial charge is 0.317 e. The van der Waals surface area contributed by atoms with Gasteiger partial charge in [0.2, 0.25) is 0 Å². The molecule has 0 aliphatic carbocycles. The molecule has 1 N–H and O–H groups in total. The van der Waals surface area contributed by atoms with Crippen LogP contribution in [0.2, 0.25) is 0 Å². The summed E-state index contributed by atoms with van der Waals surface area (Å²) in [5.74, 6) is 0.660. The molecule has 1 heterocycles. The average Bonchev–Trinajstić information content (AvgIpc) is 2.70. The highest BCUT2D eigenvalue weighted by Gasteiger charge is 2.17. The van der Waals surface area contributed by atoms with E-state index in [0.717, 1.165) is 19.6 Å². The maximum absolute atomic E-state index is 4.30. The van der Waals surface area contributed by atoms with Gasteiger partial charge in [0.25, 0.3) is 0 Å². The molecule has 0 radical (unpaired) electrons. The molecule has 2 unspecified atom stereocenters. The van der Waals surface area contributed by atoms with Crippen molar-refractivity contribution in [3.63, 3.8) is 0 Å². The van der Waals surface area contributed by atoms with Crippen molar-refractivity contribution >= 4 is 11.3 Å². The summed E-state index contributed by atoms with van der Waals surface area (Å²) >= 11 is 1.76. The Balaban J connectivity index is 2.46. The van der Waals surface area contributed by atoms with Gasteiger partial charge in [-0.1, -0.05) is 13.8 Å². The number of thiazole rings is 1. The summed E-state index contributed by atoms with van der Waals surface area (Å²) in [5.41, 5.74) is 3.11. The zero-order valence-corrected chi connectivity index (χ0v) is 12.5. The maximum Gasteiger partial charge on any atom is 0.0798 e. The highest BCUT2D eigenvalue weighted by molar-refractivity contribution is 7.09. The van der Waals surface area contributed by atoms with E-state index in [0.29, 0.717) is 12.0 Å². The highest BCUT2D eigenvalue weighted by Crippen LogP contribution is 2.17. The van der Waals surface area contributed by atoms with Crippen molar-refractivity contribution < 1.29 is 0 Å². The zero-order valence-electron chi connectivity index (χ0n) is 11.7. The summed E-state index contributed by atoms with van der Waals surface area (Å²) in [4.78, 5) is 8.11. The molecule has 0 aliphatic rings. The zero-order chi connectivity index (χ0) is 12.8. The van der Waals surface area contributed by atoms with Crippen LogP contribution < -0.4 is 5.32 Å². The van der Waals surface area contributed by atoms with Crippen LogP contribution in [0.1, 0.15) is 31.3 Å². The van der Waals surface area contributed by atoms with Crippen LogP contribution in [0, 0.1) is 12.8 Å². The van der Waals surface area contributed by atoms with E-state index in [9.17, 15) is 0 Å². The van der Waals surface area contributed by atoms with E-state index in [1.165, 1.54) is 10.6 Å². The first kappa shape index (κ1) is 14.6. The van der Waals surface area contributed by atoms with Crippen LogP contribution >= 0.6 is 11.3 Å². The molecular formula is C13H25N3S. The number of nitrogens with zero attached hydrogens (tertiary/aromatic N) is 2. The van der Waals surface area contributed by atoms with Gasteiger partial charge in [0, 0.05) is 17.5 Å². The lowest BCUT2D eigenvalue weighted by atomic mass is 10.0. The van der Waals surface area contributed by atoms with Crippen LogP contribution in [0.25, 0.3) is 0 Å². The van der Waals surface area contributed by atoms with Crippen molar-refractivity contribution in [3.8, 4) is 0 Å². The van der Waals surface area contributed by atoms with Gasteiger partial charge in [-0.25, -0.2) is 4.98 Å². The van der Waals surface area contributed by atoms with Gasteiger partial charge in [-0.2, -0.15) is 0 Å². The molecule has 4 heteroatoms. The third-order valence-corrected chi connectivity index (χ3v) is 4.39. The minimum atomic E-state index is 0.579. The predicted molar refractivity (Wildman–Crippen MR) is 75.5 cm³/mol. The van der Waals surface area contributed by atoms with E-state index in [4.69, 9.17) is 0 Å². The Morgan fingerprint density at radius 1 is 1.47 bits per heavy atom. The number of nitrogens with one attached hydrogen (secondary N) is 1. The summed E-state index contributed by atoms with van der Waals surface area (Å²) in [7, 11) is 2.20. The van der Waals surface area contributed by atoms with Crippen LogP contribution in [0.15, 0.2) is 5.51 Å². The van der Waals surface area contributed by atoms with E-state index in [1.54, 1.807) is 11.3 Å². The summed E-state index contributed by atoms with van der Waals surface area (Å²) in [6, 6.07) is 0.579. The van der Waals surface area contributed by atoms with Gasteiger partial charge in [0.1, 0.15) is 0 Å². The summed E-state index contributed by atoms with van der Waals surface area (Å²) < 4.78 is 0. The first-order chi connectivity index (χ1) is 8.06. The lowest BCUT2D eigenvalue weighted by molar-refractivity contribution is 0.190. The van der Waals surface area contributed by atoms with Crippen LogP contribution in [0.3, 0.4) is 0 Å². The summed E-state index contributed by atoms with van der Waals surface area (Å²) in [6.07, 6.45) is 0. The van der Waals surface area contributed by atoms with Crippen molar-refractivity contribution in [1.29, 1.82) is 0 Å². The van der Waals surface area contributed by atoms with Gasteiger partial charge < -0.3 is 5.32 Å². The Kier molecular flexibility index (Phi) is 6.09. The molecule has 0 aromatic carbocycles. The molecule has 17 heavy (non-hydrogen) atoms. The molecule has 0 aliphatic heterocycles. The number of aromatic nitrogens is 1. The standard InChI is InChI=1S/C13H25N3S/c1-6-14-7-10(2)12(4)16(5)8-13-11(3)15-9-17-13/h9-10,12,14H,6-8H2,1-5H3. The van der Waals surface area contributed by atoms with E-state index in [-0.39, 0.29) is 0 Å². The van der Waals surface area contributed by atoms with E-state index in [1.807, 2.05) is 5.51 Å². The second-order valence-electron chi connectivity index (χ2n) is 4.80.